The predicted molar refractivity (Wildman–Crippen MR) is 79.3 cm³/mol. The topological polar surface area (TPSA) is 38.5 Å². The van der Waals surface area contributed by atoms with Crippen LogP contribution in [0.3, 0.4) is 0 Å². The molecular weight excluding hydrogens is 255 g/mol. The van der Waals surface area contributed by atoms with Crippen LogP contribution in [0, 0.1) is 17.7 Å². The smallest absolute Gasteiger partial charge is 0.123 e. The molecule has 112 valence electrons. The number of benzene rings is 1. The molecule has 1 saturated heterocycles. The fraction of sp³-hybridized carbons (Fsp3) is 0.625. The minimum atomic E-state index is -0.229. The summed E-state index contributed by atoms with van der Waals surface area (Å²) in [6, 6.07) is 6.19. The number of halogens is 1. The van der Waals surface area contributed by atoms with Crippen molar-refractivity contribution in [2.45, 2.75) is 19.8 Å². The molecule has 3 nitrogen and oxygen atoms in total. The quantitative estimate of drug-likeness (QED) is 0.814. The van der Waals surface area contributed by atoms with Gasteiger partial charge in [-0.25, -0.2) is 4.39 Å². The van der Waals surface area contributed by atoms with Gasteiger partial charge >= 0.3 is 0 Å². The van der Waals surface area contributed by atoms with Crippen LogP contribution in [0.2, 0.25) is 0 Å². The molecule has 1 aliphatic heterocycles. The van der Waals surface area contributed by atoms with Gasteiger partial charge in [-0.1, -0.05) is 6.92 Å². The van der Waals surface area contributed by atoms with Crippen LogP contribution in [-0.2, 0) is 0 Å². The van der Waals surface area contributed by atoms with Gasteiger partial charge in [-0.15, -0.1) is 0 Å². The van der Waals surface area contributed by atoms with Gasteiger partial charge in [-0.2, -0.15) is 0 Å². The first kappa shape index (κ1) is 15.3. The van der Waals surface area contributed by atoms with Crippen molar-refractivity contribution in [3.05, 3.63) is 30.1 Å². The van der Waals surface area contributed by atoms with E-state index in [2.05, 4.69) is 11.8 Å². The lowest BCUT2D eigenvalue weighted by Gasteiger charge is -2.36. The molecule has 1 fully saturated rings. The molecule has 2 N–H and O–H groups in total. The summed E-state index contributed by atoms with van der Waals surface area (Å²) in [4.78, 5) is 2.48. The second-order valence-corrected chi connectivity index (χ2v) is 5.72. The van der Waals surface area contributed by atoms with Gasteiger partial charge in [0.15, 0.2) is 0 Å². The summed E-state index contributed by atoms with van der Waals surface area (Å²) in [5.41, 5.74) is 5.82. The molecule has 0 aliphatic carbocycles. The zero-order valence-electron chi connectivity index (χ0n) is 12.2. The molecule has 0 aromatic heterocycles. The molecule has 2 rings (SSSR count). The van der Waals surface area contributed by atoms with Crippen molar-refractivity contribution in [1.29, 1.82) is 0 Å². The Balaban J connectivity index is 1.65. The number of rotatable bonds is 6. The molecule has 0 bridgehead atoms. The van der Waals surface area contributed by atoms with Crippen molar-refractivity contribution in [3.8, 4) is 5.75 Å². The summed E-state index contributed by atoms with van der Waals surface area (Å²) in [5.74, 6) is 1.87. The van der Waals surface area contributed by atoms with E-state index in [1.807, 2.05) is 0 Å². The first-order valence-electron chi connectivity index (χ1n) is 7.50. The van der Waals surface area contributed by atoms with E-state index in [1.54, 1.807) is 12.1 Å². The summed E-state index contributed by atoms with van der Waals surface area (Å²) in [7, 11) is 0. The van der Waals surface area contributed by atoms with Crippen molar-refractivity contribution < 1.29 is 9.13 Å². The molecule has 1 heterocycles. The monoisotopic (exact) mass is 280 g/mol. The van der Waals surface area contributed by atoms with Crippen LogP contribution in [-0.4, -0.2) is 37.7 Å². The molecule has 0 spiro atoms. The lowest BCUT2D eigenvalue weighted by atomic mass is 9.87. The number of hydrogen-bond donors (Lipinski definition) is 1. The molecule has 20 heavy (non-hydrogen) atoms. The number of nitrogens with zero attached hydrogens (tertiary/aromatic N) is 1. The average Bonchev–Trinajstić information content (AvgIpc) is 2.47. The highest BCUT2D eigenvalue weighted by atomic mass is 19.1. The van der Waals surface area contributed by atoms with E-state index >= 15 is 0 Å². The Hall–Kier alpha value is -1.13. The van der Waals surface area contributed by atoms with E-state index in [9.17, 15) is 4.39 Å². The van der Waals surface area contributed by atoms with Gasteiger partial charge in [0.05, 0.1) is 6.61 Å². The third kappa shape index (κ3) is 4.46. The van der Waals surface area contributed by atoms with Crippen LogP contribution in [0.4, 0.5) is 4.39 Å². The maximum Gasteiger partial charge on any atom is 0.123 e. The highest BCUT2D eigenvalue weighted by Gasteiger charge is 2.24. The highest BCUT2D eigenvalue weighted by molar-refractivity contribution is 5.21. The Labute approximate surface area is 120 Å². The molecule has 1 aromatic rings. The molecule has 0 amide bonds. The normalized spacial score (nSPS) is 23.8. The zero-order chi connectivity index (χ0) is 14.4. The lowest BCUT2D eigenvalue weighted by molar-refractivity contribution is 0.125. The van der Waals surface area contributed by atoms with Gasteiger partial charge in [0.25, 0.3) is 0 Å². The second-order valence-electron chi connectivity index (χ2n) is 5.72. The molecule has 0 radical (unpaired) electrons. The third-order valence-electron chi connectivity index (χ3n) is 4.20. The summed E-state index contributed by atoms with van der Waals surface area (Å²) in [6.45, 7) is 7.06. The van der Waals surface area contributed by atoms with E-state index in [1.165, 1.54) is 18.6 Å². The Morgan fingerprint density at radius 3 is 2.80 bits per heavy atom. The van der Waals surface area contributed by atoms with Gasteiger partial charge in [-0.05, 0) is 62.0 Å². The number of piperidine rings is 1. The SMILES string of the molecule is CC1CCN(CCCOc2ccc(F)cc2)CC1CN. The van der Waals surface area contributed by atoms with Crippen LogP contribution < -0.4 is 10.5 Å². The summed E-state index contributed by atoms with van der Waals surface area (Å²) in [6.07, 6.45) is 2.23. The van der Waals surface area contributed by atoms with Crippen LogP contribution in [0.1, 0.15) is 19.8 Å². The summed E-state index contributed by atoms with van der Waals surface area (Å²) in [5, 5.41) is 0. The van der Waals surface area contributed by atoms with Crippen LogP contribution in [0.25, 0.3) is 0 Å². The van der Waals surface area contributed by atoms with Gasteiger partial charge in [-0.3, -0.25) is 0 Å². The second kappa shape index (κ2) is 7.60. The minimum absolute atomic E-state index is 0.229. The van der Waals surface area contributed by atoms with Crippen molar-refractivity contribution >= 4 is 0 Å². The molecule has 1 aromatic carbocycles. The van der Waals surface area contributed by atoms with E-state index < -0.39 is 0 Å². The maximum absolute atomic E-state index is 12.7. The van der Waals surface area contributed by atoms with Gasteiger partial charge in [0, 0.05) is 13.1 Å². The third-order valence-corrected chi connectivity index (χ3v) is 4.20. The van der Waals surface area contributed by atoms with Gasteiger partial charge in [0.2, 0.25) is 0 Å². The van der Waals surface area contributed by atoms with Gasteiger partial charge in [0.1, 0.15) is 11.6 Å². The predicted octanol–water partition coefficient (Wildman–Crippen LogP) is 2.51. The van der Waals surface area contributed by atoms with E-state index in [4.69, 9.17) is 10.5 Å². The van der Waals surface area contributed by atoms with Crippen molar-refractivity contribution in [2.75, 3.05) is 32.8 Å². The molecular formula is C16H25FN2O. The molecule has 1 aliphatic rings. The molecule has 2 atom stereocenters. The van der Waals surface area contributed by atoms with Crippen molar-refractivity contribution in [2.24, 2.45) is 17.6 Å². The summed E-state index contributed by atoms with van der Waals surface area (Å²) >= 11 is 0. The number of hydrogen-bond acceptors (Lipinski definition) is 3. The Bertz CT molecular complexity index is 396. The number of ether oxygens (including phenoxy) is 1. The highest BCUT2D eigenvalue weighted by Crippen LogP contribution is 2.22. The standard InChI is InChI=1S/C16H25FN2O/c1-13-7-9-19(12-14(13)11-18)8-2-10-20-16-5-3-15(17)4-6-16/h3-6,13-14H,2,7-12,18H2,1H3. The van der Waals surface area contributed by atoms with E-state index in [0.717, 1.165) is 44.3 Å². The first-order valence-corrected chi connectivity index (χ1v) is 7.50. The summed E-state index contributed by atoms with van der Waals surface area (Å²) < 4.78 is 18.4. The molecule has 0 saturated carbocycles. The Kier molecular flexibility index (Phi) is 5.80. The lowest BCUT2D eigenvalue weighted by Crippen LogP contribution is -2.43. The minimum Gasteiger partial charge on any atom is -0.494 e. The Morgan fingerprint density at radius 2 is 2.10 bits per heavy atom. The van der Waals surface area contributed by atoms with E-state index in [-0.39, 0.29) is 5.82 Å². The van der Waals surface area contributed by atoms with Gasteiger partial charge < -0.3 is 15.4 Å². The fourth-order valence-electron chi connectivity index (χ4n) is 2.74. The van der Waals surface area contributed by atoms with Crippen molar-refractivity contribution in [1.82, 2.24) is 4.90 Å². The van der Waals surface area contributed by atoms with Crippen LogP contribution >= 0.6 is 0 Å². The average molecular weight is 280 g/mol. The maximum atomic E-state index is 12.7. The number of likely N-dealkylation sites (tertiary alicyclic amines) is 1. The number of nitrogens with two attached hydrogens (primary N) is 1. The Morgan fingerprint density at radius 1 is 1.35 bits per heavy atom. The molecule has 4 heteroatoms. The van der Waals surface area contributed by atoms with Crippen molar-refractivity contribution in [3.63, 3.8) is 0 Å². The van der Waals surface area contributed by atoms with Crippen LogP contribution in [0.5, 0.6) is 5.75 Å². The van der Waals surface area contributed by atoms with E-state index in [0.29, 0.717) is 12.5 Å². The molecule has 2 unspecified atom stereocenters. The first-order chi connectivity index (χ1) is 9.69. The van der Waals surface area contributed by atoms with Crippen LogP contribution in [0.15, 0.2) is 24.3 Å². The fourth-order valence-corrected chi connectivity index (χ4v) is 2.74. The largest absolute Gasteiger partial charge is 0.494 e. The zero-order valence-corrected chi connectivity index (χ0v) is 12.2.